The molecule has 1 aliphatic heterocycles. The molecule has 0 spiro atoms. The Kier molecular flexibility index (Phi) is 7.52. The molecule has 1 aliphatic rings. The van der Waals surface area contributed by atoms with Crippen molar-refractivity contribution >= 4 is 23.4 Å². The number of amides is 1. The Morgan fingerprint density at radius 3 is 3.00 bits per heavy atom. The van der Waals surface area contributed by atoms with E-state index in [4.69, 9.17) is 4.74 Å². The zero-order valence-corrected chi connectivity index (χ0v) is 15.5. The number of methoxy groups -OCH3 is 1. The third-order valence-electron chi connectivity index (χ3n) is 4.30. The molecule has 138 valence electrons. The molecule has 1 aromatic carbocycles. The van der Waals surface area contributed by atoms with Crippen LogP contribution in [0.25, 0.3) is 0 Å². The van der Waals surface area contributed by atoms with Crippen LogP contribution in [-0.4, -0.2) is 55.3 Å². The summed E-state index contributed by atoms with van der Waals surface area (Å²) in [5, 5.41) is 14.2. The molecule has 1 amide bonds. The summed E-state index contributed by atoms with van der Waals surface area (Å²) in [6.07, 6.45) is 2.21. The molecule has 1 N–H and O–H groups in total. The second-order valence-corrected chi connectivity index (χ2v) is 7.15. The second-order valence-electron chi connectivity index (χ2n) is 6.16. The molecular formula is C17H25N3O4S. The Bertz CT molecular complexity index is 610. The first kappa shape index (κ1) is 19.5. The fourth-order valence-electron chi connectivity index (χ4n) is 3.06. The first-order valence-electron chi connectivity index (χ1n) is 8.36. The van der Waals surface area contributed by atoms with Gasteiger partial charge in [-0.3, -0.25) is 14.9 Å². The van der Waals surface area contributed by atoms with E-state index < -0.39 is 4.92 Å². The summed E-state index contributed by atoms with van der Waals surface area (Å²) in [6.45, 7) is 2.58. The van der Waals surface area contributed by atoms with Crippen LogP contribution < -0.4 is 10.1 Å². The van der Waals surface area contributed by atoms with Crippen LogP contribution in [0.4, 0.5) is 5.69 Å². The van der Waals surface area contributed by atoms with Crippen LogP contribution in [0.5, 0.6) is 5.75 Å². The largest absolute Gasteiger partial charge is 0.490 e. The highest BCUT2D eigenvalue weighted by molar-refractivity contribution is 7.99. The van der Waals surface area contributed by atoms with Crippen molar-refractivity contribution in [3.05, 3.63) is 33.9 Å². The van der Waals surface area contributed by atoms with Gasteiger partial charge in [0, 0.05) is 24.9 Å². The topological polar surface area (TPSA) is 84.7 Å². The molecule has 7 nitrogen and oxygen atoms in total. The third kappa shape index (κ3) is 5.61. The third-order valence-corrected chi connectivity index (χ3v) is 5.29. The van der Waals surface area contributed by atoms with E-state index in [1.54, 1.807) is 12.1 Å². The van der Waals surface area contributed by atoms with E-state index in [1.807, 2.05) is 11.9 Å². The lowest BCUT2D eigenvalue weighted by Gasteiger charge is -2.32. The number of thioether (sulfide) groups is 1. The SMILES string of the molecule is CNCC1CCCN(C(=O)CSCc2ccc(OC)c([N+](=O)[O-])c2)C1. The fourth-order valence-corrected chi connectivity index (χ4v) is 3.94. The van der Waals surface area contributed by atoms with E-state index in [2.05, 4.69) is 5.32 Å². The number of ether oxygens (including phenoxy) is 1. The van der Waals surface area contributed by atoms with Crippen LogP contribution in [0.3, 0.4) is 0 Å². The van der Waals surface area contributed by atoms with Crippen molar-refractivity contribution in [1.82, 2.24) is 10.2 Å². The minimum atomic E-state index is -0.451. The van der Waals surface area contributed by atoms with Crippen LogP contribution in [0, 0.1) is 16.0 Å². The average molecular weight is 367 g/mol. The fraction of sp³-hybridized carbons (Fsp3) is 0.588. The Balaban J connectivity index is 1.85. The zero-order chi connectivity index (χ0) is 18.2. The standard InChI is InChI=1S/C17H25N3O4S/c1-18-9-14-4-3-7-19(10-14)17(21)12-25-11-13-5-6-16(24-2)15(8-13)20(22)23/h5-6,8,14,18H,3-4,7,9-12H2,1-2H3. The van der Waals surface area contributed by atoms with Crippen LogP contribution >= 0.6 is 11.8 Å². The van der Waals surface area contributed by atoms with Gasteiger partial charge >= 0.3 is 5.69 Å². The van der Waals surface area contributed by atoms with Crippen molar-refractivity contribution in [2.45, 2.75) is 18.6 Å². The first-order chi connectivity index (χ1) is 12.0. The normalized spacial score (nSPS) is 17.4. The molecule has 1 heterocycles. The maximum absolute atomic E-state index is 12.4. The molecule has 8 heteroatoms. The summed E-state index contributed by atoms with van der Waals surface area (Å²) in [7, 11) is 3.35. The van der Waals surface area contributed by atoms with E-state index in [0.29, 0.717) is 17.4 Å². The van der Waals surface area contributed by atoms with Gasteiger partial charge in [-0.25, -0.2) is 0 Å². The summed E-state index contributed by atoms with van der Waals surface area (Å²) in [6, 6.07) is 4.91. The summed E-state index contributed by atoms with van der Waals surface area (Å²) in [5.41, 5.74) is 0.773. The van der Waals surface area contributed by atoms with Gasteiger partial charge in [-0.05, 0) is 44.0 Å². The number of nitrogens with one attached hydrogen (secondary N) is 1. The maximum Gasteiger partial charge on any atom is 0.311 e. The molecule has 1 unspecified atom stereocenters. The Labute approximate surface area is 152 Å². The van der Waals surface area contributed by atoms with Gasteiger partial charge in [0.05, 0.1) is 17.8 Å². The van der Waals surface area contributed by atoms with E-state index in [-0.39, 0.29) is 17.3 Å². The van der Waals surface area contributed by atoms with Gasteiger partial charge < -0.3 is 15.0 Å². The van der Waals surface area contributed by atoms with Crippen molar-refractivity contribution in [1.29, 1.82) is 0 Å². The number of rotatable bonds is 8. The molecule has 0 aliphatic carbocycles. The van der Waals surface area contributed by atoms with E-state index in [1.165, 1.54) is 24.9 Å². The number of nitro groups is 1. The Morgan fingerprint density at radius 2 is 2.32 bits per heavy atom. The molecule has 0 radical (unpaired) electrons. The molecule has 1 atom stereocenters. The Morgan fingerprint density at radius 1 is 1.52 bits per heavy atom. The van der Waals surface area contributed by atoms with Gasteiger partial charge in [0.25, 0.3) is 0 Å². The Hall–Kier alpha value is -1.80. The average Bonchev–Trinajstić information content (AvgIpc) is 2.62. The molecule has 2 rings (SSSR count). The lowest BCUT2D eigenvalue weighted by molar-refractivity contribution is -0.385. The second kappa shape index (κ2) is 9.62. The minimum Gasteiger partial charge on any atom is -0.490 e. The van der Waals surface area contributed by atoms with E-state index in [9.17, 15) is 14.9 Å². The molecule has 1 fully saturated rings. The molecule has 1 saturated heterocycles. The van der Waals surface area contributed by atoms with Crippen LogP contribution in [0.1, 0.15) is 18.4 Å². The summed E-state index contributed by atoms with van der Waals surface area (Å²) in [5.74, 6) is 1.88. The van der Waals surface area contributed by atoms with Gasteiger partial charge in [-0.1, -0.05) is 6.07 Å². The maximum atomic E-state index is 12.4. The van der Waals surface area contributed by atoms with Crippen LogP contribution in [0.2, 0.25) is 0 Å². The molecule has 0 aromatic heterocycles. The van der Waals surface area contributed by atoms with Gasteiger partial charge in [-0.2, -0.15) is 0 Å². The van der Waals surface area contributed by atoms with E-state index >= 15 is 0 Å². The number of carbonyl (C=O) groups is 1. The van der Waals surface area contributed by atoms with Crippen molar-refractivity contribution in [2.75, 3.05) is 39.5 Å². The molecular weight excluding hydrogens is 342 g/mol. The van der Waals surface area contributed by atoms with Crippen molar-refractivity contribution in [2.24, 2.45) is 5.92 Å². The van der Waals surface area contributed by atoms with Crippen molar-refractivity contribution < 1.29 is 14.5 Å². The highest BCUT2D eigenvalue weighted by atomic mass is 32.2. The number of nitro benzene ring substituents is 1. The van der Waals surface area contributed by atoms with Crippen LogP contribution in [-0.2, 0) is 10.5 Å². The number of nitrogens with zero attached hydrogens (tertiary/aromatic N) is 2. The lowest BCUT2D eigenvalue weighted by Crippen LogP contribution is -2.43. The number of piperidine rings is 1. The van der Waals surface area contributed by atoms with Crippen LogP contribution in [0.15, 0.2) is 18.2 Å². The highest BCUT2D eigenvalue weighted by Gasteiger charge is 2.23. The quantitative estimate of drug-likeness (QED) is 0.561. The number of hydrogen-bond acceptors (Lipinski definition) is 6. The zero-order valence-electron chi connectivity index (χ0n) is 14.7. The van der Waals surface area contributed by atoms with Gasteiger partial charge in [0.1, 0.15) is 0 Å². The summed E-state index contributed by atoms with van der Waals surface area (Å²) < 4.78 is 5.00. The van der Waals surface area contributed by atoms with Gasteiger partial charge in [0.2, 0.25) is 5.91 Å². The first-order valence-corrected chi connectivity index (χ1v) is 9.52. The smallest absolute Gasteiger partial charge is 0.311 e. The highest BCUT2D eigenvalue weighted by Crippen LogP contribution is 2.29. The number of benzene rings is 1. The number of likely N-dealkylation sites (tertiary alicyclic amines) is 1. The van der Waals surface area contributed by atoms with Gasteiger partial charge in [-0.15, -0.1) is 11.8 Å². The number of carbonyl (C=O) groups excluding carboxylic acids is 1. The summed E-state index contributed by atoms with van der Waals surface area (Å²) >= 11 is 1.49. The summed E-state index contributed by atoms with van der Waals surface area (Å²) in [4.78, 5) is 24.9. The predicted octanol–water partition coefficient (Wildman–Crippen LogP) is 2.29. The molecule has 0 saturated carbocycles. The lowest BCUT2D eigenvalue weighted by atomic mass is 9.98. The van der Waals surface area contributed by atoms with E-state index in [0.717, 1.165) is 38.0 Å². The minimum absolute atomic E-state index is 0.0436. The molecule has 1 aromatic rings. The van der Waals surface area contributed by atoms with Crippen molar-refractivity contribution in [3.63, 3.8) is 0 Å². The predicted molar refractivity (Wildman–Crippen MR) is 99.0 cm³/mol. The monoisotopic (exact) mass is 367 g/mol. The number of hydrogen-bond donors (Lipinski definition) is 1. The van der Waals surface area contributed by atoms with Crippen molar-refractivity contribution in [3.8, 4) is 5.75 Å². The van der Waals surface area contributed by atoms with Gasteiger partial charge in [0.15, 0.2) is 5.75 Å². The molecule has 0 bridgehead atoms. The molecule has 25 heavy (non-hydrogen) atoms.